The molecule has 20 heavy (non-hydrogen) atoms. The highest BCUT2D eigenvalue weighted by Gasteiger charge is 2.30. The number of carboxylic acid groups (broad SMARTS) is 1. The summed E-state index contributed by atoms with van der Waals surface area (Å²) in [6, 6.07) is -0.601. The molecule has 3 amide bonds. The molecule has 0 aromatic rings. The molecular weight excluding hydrogens is 266 g/mol. The second kappa shape index (κ2) is 8.36. The third-order valence-electron chi connectivity index (χ3n) is 3.15. The molecule has 2 atom stereocenters. The minimum absolute atomic E-state index is 0.120. The number of rotatable bonds is 7. The molecule has 0 bridgehead atoms. The van der Waals surface area contributed by atoms with E-state index in [1.54, 1.807) is 0 Å². The van der Waals surface area contributed by atoms with Crippen LogP contribution < -0.4 is 16.0 Å². The summed E-state index contributed by atoms with van der Waals surface area (Å²) in [4.78, 5) is 33.6. The standard InChI is InChI=1S/C12H21N3O5/c1-20-5-4-13-10(16)7-14-12(19)15-9-3-2-8(6-9)11(17)18/h8-9H,2-7H2,1H3,(H,13,16)(H,17,18)(H2,14,15,19). The summed E-state index contributed by atoms with van der Waals surface area (Å²) in [5.41, 5.74) is 0. The molecule has 1 aliphatic carbocycles. The number of methoxy groups -OCH3 is 1. The first-order chi connectivity index (χ1) is 9.52. The summed E-state index contributed by atoms with van der Waals surface area (Å²) in [7, 11) is 1.53. The van der Waals surface area contributed by atoms with Crippen LogP contribution in [0.15, 0.2) is 0 Å². The fourth-order valence-corrected chi connectivity index (χ4v) is 2.09. The fourth-order valence-electron chi connectivity index (χ4n) is 2.09. The molecule has 1 aliphatic rings. The maximum absolute atomic E-state index is 11.5. The van der Waals surface area contributed by atoms with Gasteiger partial charge in [-0.25, -0.2) is 4.79 Å². The van der Waals surface area contributed by atoms with E-state index in [0.29, 0.717) is 32.4 Å². The molecule has 4 N–H and O–H groups in total. The Labute approximate surface area is 117 Å². The van der Waals surface area contributed by atoms with E-state index in [0.717, 1.165) is 0 Å². The van der Waals surface area contributed by atoms with Gasteiger partial charge < -0.3 is 25.8 Å². The number of urea groups is 1. The average Bonchev–Trinajstić information content (AvgIpc) is 2.85. The minimum atomic E-state index is -0.827. The molecule has 114 valence electrons. The molecule has 1 saturated carbocycles. The van der Waals surface area contributed by atoms with Gasteiger partial charge in [-0.15, -0.1) is 0 Å². The van der Waals surface area contributed by atoms with Crippen LogP contribution in [0, 0.1) is 5.92 Å². The van der Waals surface area contributed by atoms with E-state index in [2.05, 4.69) is 16.0 Å². The van der Waals surface area contributed by atoms with E-state index in [9.17, 15) is 14.4 Å². The third kappa shape index (κ3) is 5.87. The highest BCUT2D eigenvalue weighted by Crippen LogP contribution is 2.25. The van der Waals surface area contributed by atoms with Gasteiger partial charge in [-0.05, 0) is 19.3 Å². The van der Waals surface area contributed by atoms with Gasteiger partial charge in [0.05, 0.1) is 19.1 Å². The van der Waals surface area contributed by atoms with Crippen molar-refractivity contribution >= 4 is 17.9 Å². The average molecular weight is 287 g/mol. The number of nitrogens with one attached hydrogen (secondary N) is 3. The third-order valence-corrected chi connectivity index (χ3v) is 3.15. The Hall–Kier alpha value is -1.83. The molecular formula is C12H21N3O5. The molecule has 1 rings (SSSR count). The Balaban J connectivity index is 2.15. The zero-order valence-electron chi connectivity index (χ0n) is 11.5. The van der Waals surface area contributed by atoms with Crippen LogP contribution in [0.5, 0.6) is 0 Å². The molecule has 8 nitrogen and oxygen atoms in total. The first kappa shape index (κ1) is 16.2. The number of carbonyl (C=O) groups excluding carboxylic acids is 2. The first-order valence-electron chi connectivity index (χ1n) is 6.55. The summed E-state index contributed by atoms with van der Waals surface area (Å²) in [5.74, 6) is -1.52. The van der Waals surface area contributed by atoms with Crippen LogP contribution >= 0.6 is 0 Å². The van der Waals surface area contributed by atoms with Gasteiger partial charge in [-0.1, -0.05) is 0 Å². The molecule has 0 heterocycles. The van der Waals surface area contributed by atoms with Gasteiger partial charge in [0.2, 0.25) is 5.91 Å². The molecule has 0 saturated heterocycles. The molecule has 0 aromatic heterocycles. The molecule has 8 heteroatoms. The van der Waals surface area contributed by atoms with Crippen molar-refractivity contribution in [3.63, 3.8) is 0 Å². The zero-order chi connectivity index (χ0) is 15.0. The van der Waals surface area contributed by atoms with Crippen molar-refractivity contribution in [1.29, 1.82) is 0 Å². The van der Waals surface area contributed by atoms with Gasteiger partial charge >= 0.3 is 12.0 Å². The van der Waals surface area contributed by atoms with Crippen molar-refractivity contribution in [2.75, 3.05) is 26.8 Å². The SMILES string of the molecule is COCCNC(=O)CNC(=O)NC1CCC(C(=O)O)C1. The van der Waals surface area contributed by atoms with Crippen LogP contribution in [-0.4, -0.2) is 55.9 Å². The van der Waals surface area contributed by atoms with E-state index in [1.165, 1.54) is 7.11 Å². The maximum atomic E-state index is 11.5. The maximum Gasteiger partial charge on any atom is 0.315 e. The first-order valence-corrected chi connectivity index (χ1v) is 6.55. The van der Waals surface area contributed by atoms with Crippen molar-refractivity contribution in [1.82, 2.24) is 16.0 Å². The van der Waals surface area contributed by atoms with Crippen LogP contribution in [0.3, 0.4) is 0 Å². The number of carbonyl (C=O) groups is 3. The summed E-state index contributed by atoms with van der Waals surface area (Å²) in [5, 5.41) is 16.5. The Morgan fingerprint density at radius 3 is 2.60 bits per heavy atom. The lowest BCUT2D eigenvalue weighted by atomic mass is 10.1. The number of hydrogen-bond donors (Lipinski definition) is 4. The molecule has 0 aliphatic heterocycles. The van der Waals surface area contributed by atoms with Crippen LogP contribution in [0.1, 0.15) is 19.3 Å². The van der Waals surface area contributed by atoms with Crippen molar-refractivity contribution in [3.05, 3.63) is 0 Å². The smallest absolute Gasteiger partial charge is 0.315 e. The summed E-state index contributed by atoms with van der Waals surface area (Å²) in [6.07, 6.45) is 1.64. The van der Waals surface area contributed by atoms with E-state index in [4.69, 9.17) is 9.84 Å². The molecule has 0 spiro atoms. The minimum Gasteiger partial charge on any atom is -0.481 e. The van der Waals surface area contributed by atoms with Crippen LogP contribution in [0.2, 0.25) is 0 Å². The Morgan fingerprint density at radius 2 is 2.00 bits per heavy atom. The number of aliphatic carboxylic acids is 1. The monoisotopic (exact) mass is 287 g/mol. The van der Waals surface area contributed by atoms with Gasteiger partial charge in [0.1, 0.15) is 0 Å². The second-order valence-corrected chi connectivity index (χ2v) is 4.71. The predicted molar refractivity (Wildman–Crippen MR) is 70.2 cm³/mol. The Kier molecular flexibility index (Phi) is 6.78. The number of amides is 3. The fraction of sp³-hybridized carbons (Fsp3) is 0.750. The van der Waals surface area contributed by atoms with Crippen LogP contribution in [0.4, 0.5) is 4.79 Å². The highest BCUT2D eigenvalue weighted by atomic mass is 16.5. The van der Waals surface area contributed by atoms with Crippen molar-refractivity contribution < 1.29 is 24.2 Å². The van der Waals surface area contributed by atoms with Crippen molar-refractivity contribution in [2.45, 2.75) is 25.3 Å². The number of carboxylic acids is 1. The second-order valence-electron chi connectivity index (χ2n) is 4.71. The van der Waals surface area contributed by atoms with Gasteiger partial charge in [-0.3, -0.25) is 9.59 Å². The molecule has 0 aromatic carbocycles. The zero-order valence-corrected chi connectivity index (χ0v) is 11.5. The lowest BCUT2D eigenvalue weighted by molar-refractivity contribution is -0.141. The van der Waals surface area contributed by atoms with Crippen LogP contribution in [-0.2, 0) is 14.3 Å². The van der Waals surface area contributed by atoms with E-state index >= 15 is 0 Å². The lowest BCUT2D eigenvalue weighted by Crippen LogP contribution is -2.45. The van der Waals surface area contributed by atoms with Crippen molar-refractivity contribution in [2.24, 2.45) is 5.92 Å². The topological polar surface area (TPSA) is 117 Å². The number of ether oxygens (including phenoxy) is 1. The molecule has 1 fully saturated rings. The summed E-state index contributed by atoms with van der Waals surface area (Å²) >= 11 is 0. The summed E-state index contributed by atoms with van der Waals surface area (Å²) in [6.45, 7) is 0.683. The van der Waals surface area contributed by atoms with E-state index in [1.807, 2.05) is 0 Å². The number of hydrogen-bond acceptors (Lipinski definition) is 4. The Morgan fingerprint density at radius 1 is 1.25 bits per heavy atom. The lowest BCUT2D eigenvalue weighted by Gasteiger charge is -2.13. The van der Waals surface area contributed by atoms with Gasteiger partial charge in [0, 0.05) is 19.7 Å². The summed E-state index contributed by atoms with van der Waals surface area (Å²) < 4.78 is 4.77. The largest absolute Gasteiger partial charge is 0.481 e. The highest BCUT2D eigenvalue weighted by molar-refractivity contribution is 5.84. The molecule has 0 radical (unpaired) electrons. The van der Waals surface area contributed by atoms with Crippen molar-refractivity contribution in [3.8, 4) is 0 Å². The van der Waals surface area contributed by atoms with Gasteiger partial charge in [-0.2, -0.15) is 0 Å². The quantitative estimate of drug-likeness (QED) is 0.462. The Bertz CT molecular complexity index is 361. The van der Waals surface area contributed by atoms with Crippen LogP contribution in [0.25, 0.3) is 0 Å². The predicted octanol–water partition coefficient (Wildman–Crippen LogP) is -0.698. The van der Waals surface area contributed by atoms with E-state index < -0.39 is 17.9 Å². The molecule has 2 unspecified atom stereocenters. The van der Waals surface area contributed by atoms with Gasteiger partial charge in [0.15, 0.2) is 0 Å². The van der Waals surface area contributed by atoms with E-state index in [-0.39, 0.29) is 18.5 Å². The van der Waals surface area contributed by atoms with Gasteiger partial charge in [0.25, 0.3) is 0 Å². The normalized spacial score (nSPS) is 21.2.